The highest BCUT2D eigenvalue weighted by atomic mass is 32.2. The van der Waals surface area contributed by atoms with Gasteiger partial charge in [-0.25, -0.2) is 19.9 Å². The molecule has 23 heteroatoms. The number of nitrogens with one attached hydrogen (secondary N) is 4. The molecule has 0 fully saturated rings. The summed E-state index contributed by atoms with van der Waals surface area (Å²) in [6.45, 7) is 1.21. The molecule has 0 aromatic carbocycles. The van der Waals surface area contributed by atoms with Crippen LogP contribution in [0.1, 0.15) is 67.5 Å². The Balaban J connectivity index is 2.26. The number of carbonyl (C=O) groups excluding carboxylic acids is 5. The Morgan fingerprint density at radius 1 is 0.732 bits per heavy atom. The lowest BCUT2D eigenvalue weighted by Gasteiger charge is -2.23. The molecule has 2 unspecified atom stereocenters. The van der Waals surface area contributed by atoms with Gasteiger partial charge in [-0.3, -0.25) is 38.4 Å². The topological polar surface area (TPSA) is 349 Å². The van der Waals surface area contributed by atoms with Crippen LogP contribution in [0.4, 0.5) is 0 Å². The Kier molecular flexibility index (Phi) is 20.9. The summed E-state index contributed by atoms with van der Waals surface area (Å²) >= 11 is 2.21. The third kappa shape index (κ3) is 17.9. The summed E-state index contributed by atoms with van der Waals surface area (Å²) in [5, 5.41) is 35.6. The lowest BCUT2D eigenvalue weighted by molar-refractivity contribution is -0.140. The van der Waals surface area contributed by atoms with Crippen LogP contribution < -0.4 is 32.7 Å². The fourth-order valence-corrected chi connectivity index (χ4v) is 7.17. The average molecular weight is 823 g/mol. The van der Waals surface area contributed by atoms with Gasteiger partial charge in [0.2, 0.25) is 23.6 Å². The molecule has 56 heavy (non-hydrogen) atoms. The maximum Gasteiger partial charge on any atom is 0.322 e. The van der Waals surface area contributed by atoms with E-state index in [2.05, 4.69) is 41.2 Å². The number of ketones is 1. The van der Waals surface area contributed by atoms with Gasteiger partial charge < -0.3 is 48.1 Å². The zero-order chi connectivity index (χ0) is 41.6. The van der Waals surface area contributed by atoms with Crippen LogP contribution in [-0.4, -0.2) is 131 Å². The van der Waals surface area contributed by atoms with Crippen LogP contribution >= 0.6 is 23.5 Å². The fraction of sp³-hybridized carbons (Fsp3) is 0.515. The van der Waals surface area contributed by atoms with E-state index in [4.69, 9.17) is 26.8 Å². The predicted molar refractivity (Wildman–Crippen MR) is 202 cm³/mol. The highest BCUT2D eigenvalue weighted by Crippen LogP contribution is 2.36. The minimum Gasteiger partial charge on any atom is -0.480 e. The van der Waals surface area contributed by atoms with E-state index in [0.717, 1.165) is 23.5 Å². The van der Waals surface area contributed by atoms with Gasteiger partial charge in [-0.05, 0) is 31.9 Å². The van der Waals surface area contributed by atoms with Crippen LogP contribution in [0.2, 0.25) is 0 Å². The van der Waals surface area contributed by atoms with Crippen LogP contribution in [0.15, 0.2) is 37.1 Å². The lowest BCUT2D eigenvalue weighted by Crippen LogP contribution is -2.49. The summed E-state index contributed by atoms with van der Waals surface area (Å²) in [4.78, 5) is 115. The van der Waals surface area contributed by atoms with E-state index >= 15 is 0 Å². The molecule has 0 spiro atoms. The van der Waals surface area contributed by atoms with Gasteiger partial charge in [0.15, 0.2) is 0 Å². The van der Waals surface area contributed by atoms with Crippen molar-refractivity contribution in [1.82, 2.24) is 41.2 Å². The maximum atomic E-state index is 13.8. The number of aromatic nitrogens is 4. The van der Waals surface area contributed by atoms with Crippen molar-refractivity contribution in [2.45, 2.75) is 80.1 Å². The van der Waals surface area contributed by atoms with Crippen molar-refractivity contribution in [1.29, 1.82) is 0 Å². The van der Waals surface area contributed by atoms with Crippen molar-refractivity contribution in [3.05, 3.63) is 48.6 Å². The quantitative estimate of drug-likeness (QED) is 0.0498. The van der Waals surface area contributed by atoms with E-state index in [1.165, 1.54) is 24.9 Å². The summed E-state index contributed by atoms with van der Waals surface area (Å²) in [5.41, 5.74) is 11.4. The number of nitrogens with zero attached hydrogens (tertiary/aromatic N) is 4. The molecule has 0 aliphatic heterocycles. The molecule has 2 aromatic rings. The third-order valence-electron chi connectivity index (χ3n) is 7.63. The van der Waals surface area contributed by atoms with Crippen molar-refractivity contribution in [3.8, 4) is 0 Å². The highest BCUT2D eigenvalue weighted by Gasteiger charge is 2.29. The molecule has 0 aliphatic rings. The second-order valence-electron chi connectivity index (χ2n) is 12.0. The zero-order valence-corrected chi connectivity index (χ0v) is 32.0. The van der Waals surface area contributed by atoms with Crippen molar-refractivity contribution >= 4 is 70.8 Å². The van der Waals surface area contributed by atoms with Crippen LogP contribution in [0.5, 0.6) is 0 Å². The molecule has 0 saturated heterocycles. The number of Topliss-reactive ketones (excluding diaryl/α,β-unsaturated/α-hetero) is 1. The first-order chi connectivity index (χ1) is 26.6. The van der Waals surface area contributed by atoms with Crippen molar-refractivity contribution in [2.75, 3.05) is 24.6 Å². The van der Waals surface area contributed by atoms with Gasteiger partial charge in [0.05, 0.1) is 16.2 Å². The van der Waals surface area contributed by atoms with Crippen LogP contribution in [0.3, 0.4) is 0 Å². The van der Waals surface area contributed by atoms with E-state index in [9.17, 15) is 38.4 Å². The minimum absolute atomic E-state index is 0.0208. The molecule has 2 rings (SSSR count). The first-order valence-electron chi connectivity index (χ1n) is 17.2. The first kappa shape index (κ1) is 46.9. The first-order valence-corrected chi connectivity index (χ1v) is 19.3. The zero-order valence-electron chi connectivity index (χ0n) is 30.4. The average Bonchev–Trinajstić information content (AvgIpc) is 3.17. The molecule has 2 aromatic heterocycles. The van der Waals surface area contributed by atoms with Crippen LogP contribution in [0.25, 0.3) is 0 Å². The number of carbonyl (C=O) groups is 8. The molecule has 0 aliphatic carbocycles. The number of hydrogen-bond donors (Lipinski definition) is 9. The van der Waals surface area contributed by atoms with Crippen molar-refractivity contribution in [2.24, 2.45) is 11.5 Å². The third-order valence-corrected chi connectivity index (χ3v) is 10.3. The summed E-state index contributed by atoms with van der Waals surface area (Å²) in [5.74, 6) is -6.78. The molecule has 21 nitrogen and oxygen atoms in total. The van der Waals surface area contributed by atoms with Gasteiger partial charge in [0.1, 0.15) is 48.6 Å². The SMILES string of the molecule is CCNC(=O)[C@H](CSC(CC(=O)CC(SC[C@H](NC(=O)CC[C@H](N)C(=O)O)C(=O)NCC(=O)O)c1ccncn1)c1ncccn1)NC(=O)CC[C@@H](N)C(=O)O. The standard InChI is InChI=1S/C33H46N10O11S2/c1-2-37-30(49)22(42-26(45)6-4-19(34)32(51)52)16-56-25(29-38-9-3-10-39-29)13-18(44)12-24(21-8-11-36-17-41-21)55-15-23(31(50)40-14-28(47)48)43-27(46)7-5-20(35)33(53)54/h3,8-11,17,19-20,22-25H,2,4-7,12-16,34-35H2,1H3,(H,37,49)(H,40,50)(H,42,45)(H,43,46)(H,47,48)(H,51,52)(H,53,54)/t19-,20+,22+,23+,24?,25?/m1/s1. The summed E-state index contributed by atoms with van der Waals surface area (Å²) in [6.07, 6.45) is 4.41. The number of hydrogen-bond acceptors (Lipinski definition) is 16. The van der Waals surface area contributed by atoms with Gasteiger partial charge in [0, 0.05) is 62.3 Å². The lowest BCUT2D eigenvalue weighted by atomic mass is 10.1. The maximum absolute atomic E-state index is 13.8. The van der Waals surface area contributed by atoms with E-state index in [0.29, 0.717) is 5.69 Å². The summed E-state index contributed by atoms with van der Waals surface area (Å²) in [7, 11) is 0. The minimum atomic E-state index is -1.33. The van der Waals surface area contributed by atoms with E-state index in [1.54, 1.807) is 19.1 Å². The van der Waals surface area contributed by atoms with Gasteiger partial charge >= 0.3 is 17.9 Å². The molecule has 0 radical (unpaired) electrons. The predicted octanol–water partition coefficient (Wildman–Crippen LogP) is -1.44. The summed E-state index contributed by atoms with van der Waals surface area (Å²) in [6, 6.07) is -1.81. The number of likely N-dealkylation sites (N-methyl/N-ethyl adjacent to an activating group) is 1. The number of carboxylic acids is 3. The highest BCUT2D eigenvalue weighted by molar-refractivity contribution is 7.99. The molecule has 0 bridgehead atoms. The van der Waals surface area contributed by atoms with E-state index in [1.807, 2.05) is 0 Å². The van der Waals surface area contributed by atoms with Crippen molar-refractivity contribution < 1.29 is 53.7 Å². The number of aliphatic carboxylic acids is 3. The number of amides is 4. The molecular weight excluding hydrogens is 777 g/mol. The van der Waals surface area contributed by atoms with E-state index < -0.39 is 82.7 Å². The second-order valence-corrected chi connectivity index (χ2v) is 14.5. The van der Waals surface area contributed by atoms with Crippen LogP contribution in [0, 0.1) is 0 Å². The fourth-order valence-electron chi connectivity index (χ4n) is 4.67. The smallest absolute Gasteiger partial charge is 0.322 e. The normalized spacial score (nSPS) is 14.1. The van der Waals surface area contributed by atoms with Gasteiger partial charge in [-0.2, -0.15) is 0 Å². The molecule has 6 atom stereocenters. The number of carboxylic acid groups (broad SMARTS) is 3. The van der Waals surface area contributed by atoms with Crippen LogP contribution in [-0.2, 0) is 38.4 Å². The van der Waals surface area contributed by atoms with Crippen molar-refractivity contribution in [3.63, 3.8) is 0 Å². The Hall–Kier alpha value is -5.26. The van der Waals surface area contributed by atoms with Gasteiger partial charge in [-0.1, -0.05) is 0 Å². The molecular formula is C33H46N10O11S2. The largest absolute Gasteiger partial charge is 0.480 e. The Morgan fingerprint density at radius 3 is 1.73 bits per heavy atom. The number of rotatable bonds is 27. The number of thioether (sulfide) groups is 2. The summed E-state index contributed by atoms with van der Waals surface area (Å²) < 4.78 is 0. The molecule has 2 heterocycles. The number of nitrogens with two attached hydrogens (primary N) is 2. The van der Waals surface area contributed by atoms with E-state index in [-0.39, 0.29) is 68.2 Å². The molecule has 0 saturated carbocycles. The monoisotopic (exact) mass is 822 g/mol. The van der Waals surface area contributed by atoms with Gasteiger partial charge in [0.25, 0.3) is 0 Å². The Bertz CT molecular complexity index is 1650. The Morgan fingerprint density at radius 2 is 1.25 bits per heavy atom. The Labute approximate surface area is 329 Å². The molecule has 4 amide bonds. The molecule has 11 N–H and O–H groups in total. The second kappa shape index (κ2) is 25.0. The van der Waals surface area contributed by atoms with Gasteiger partial charge in [-0.15, -0.1) is 23.5 Å². The molecule has 306 valence electrons.